The van der Waals surface area contributed by atoms with E-state index < -0.39 is 12.1 Å². The van der Waals surface area contributed by atoms with Crippen molar-refractivity contribution >= 4 is 27.9 Å². The molecule has 3 heterocycles. The summed E-state index contributed by atoms with van der Waals surface area (Å²) in [6, 6.07) is 7.43. The van der Waals surface area contributed by atoms with Gasteiger partial charge in [0, 0.05) is 34.3 Å². The third-order valence-corrected chi connectivity index (χ3v) is 6.61. The van der Waals surface area contributed by atoms with Gasteiger partial charge < -0.3 is 24.7 Å². The van der Waals surface area contributed by atoms with Crippen LogP contribution in [-0.2, 0) is 16.0 Å². The Morgan fingerprint density at radius 1 is 1.29 bits per heavy atom. The van der Waals surface area contributed by atoms with Crippen molar-refractivity contribution in [1.82, 2.24) is 15.2 Å². The topological polar surface area (TPSA) is 83.7 Å². The van der Waals surface area contributed by atoms with Gasteiger partial charge in [0.1, 0.15) is 11.8 Å². The van der Waals surface area contributed by atoms with E-state index in [-0.39, 0.29) is 17.9 Å². The average molecular weight is 490 g/mol. The van der Waals surface area contributed by atoms with E-state index >= 15 is 0 Å². The molecule has 1 aromatic carbocycles. The number of aromatic amines is 1. The monoisotopic (exact) mass is 489 g/mol. The summed E-state index contributed by atoms with van der Waals surface area (Å²) in [4.78, 5) is 30.7. The lowest BCUT2D eigenvalue weighted by molar-refractivity contribution is -0.135. The van der Waals surface area contributed by atoms with Crippen molar-refractivity contribution in [3.8, 4) is 17.0 Å². The number of halogens is 1. The van der Waals surface area contributed by atoms with Crippen LogP contribution in [0.1, 0.15) is 44.0 Å². The predicted octanol–water partition coefficient (Wildman–Crippen LogP) is 4.42. The Bertz CT molecular complexity index is 970. The molecule has 2 N–H and O–H groups in total. The standard InChI is InChI=1S/C23H28BrN3O4/c1-13(2)18(26-23(29)30-3)22(28)27-11-4-5-17(27)20-16-10-12-31-21(16)19(25-20)14-6-8-15(24)9-7-14/h6-9,13,17-18,25H,4-5,10-12H2,1-3H3,(H,26,29)/t17-,18-/m0/s1. The molecule has 2 aromatic rings. The summed E-state index contributed by atoms with van der Waals surface area (Å²) >= 11 is 3.49. The number of hydrogen-bond acceptors (Lipinski definition) is 4. The molecule has 0 radical (unpaired) electrons. The van der Waals surface area contributed by atoms with Crippen LogP contribution in [0.25, 0.3) is 11.3 Å². The van der Waals surface area contributed by atoms with Gasteiger partial charge in [-0.2, -0.15) is 0 Å². The summed E-state index contributed by atoms with van der Waals surface area (Å²) in [6.45, 7) is 5.16. The van der Waals surface area contributed by atoms with Crippen LogP contribution in [0.4, 0.5) is 4.79 Å². The first-order valence-electron chi connectivity index (χ1n) is 10.7. The summed E-state index contributed by atoms with van der Waals surface area (Å²) in [6.07, 6.45) is 2.03. The van der Waals surface area contributed by atoms with Crippen LogP contribution >= 0.6 is 15.9 Å². The van der Waals surface area contributed by atoms with E-state index in [1.165, 1.54) is 7.11 Å². The van der Waals surface area contributed by atoms with Crippen molar-refractivity contribution in [2.75, 3.05) is 20.3 Å². The molecule has 2 atom stereocenters. The maximum absolute atomic E-state index is 13.4. The number of nitrogens with zero attached hydrogens (tertiary/aromatic N) is 1. The number of H-pyrrole nitrogens is 1. The van der Waals surface area contributed by atoms with Crippen molar-refractivity contribution < 1.29 is 19.1 Å². The predicted molar refractivity (Wildman–Crippen MR) is 121 cm³/mol. The van der Waals surface area contributed by atoms with E-state index in [2.05, 4.69) is 26.2 Å². The van der Waals surface area contributed by atoms with Gasteiger partial charge in [-0.25, -0.2) is 4.79 Å². The summed E-state index contributed by atoms with van der Waals surface area (Å²) < 4.78 is 11.7. The molecule has 7 nitrogen and oxygen atoms in total. The Labute approximate surface area is 190 Å². The Kier molecular flexibility index (Phi) is 6.27. The first kappa shape index (κ1) is 21.7. The van der Waals surface area contributed by atoms with Crippen LogP contribution in [0.15, 0.2) is 28.7 Å². The summed E-state index contributed by atoms with van der Waals surface area (Å²) in [5, 5.41) is 2.71. The number of likely N-dealkylation sites (tertiary alicyclic amines) is 1. The minimum Gasteiger partial charge on any atom is -0.491 e. The highest BCUT2D eigenvalue weighted by atomic mass is 79.9. The fourth-order valence-corrected chi connectivity index (χ4v) is 4.78. The number of alkyl carbamates (subject to hydrolysis) is 1. The van der Waals surface area contributed by atoms with Gasteiger partial charge in [0.15, 0.2) is 0 Å². The van der Waals surface area contributed by atoms with E-state index in [0.717, 1.165) is 52.0 Å². The van der Waals surface area contributed by atoms with Crippen LogP contribution in [0, 0.1) is 5.92 Å². The van der Waals surface area contributed by atoms with Gasteiger partial charge in [0.05, 0.1) is 25.5 Å². The second kappa shape index (κ2) is 8.94. The van der Waals surface area contributed by atoms with E-state index in [0.29, 0.717) is 13.2 Å². The van der Waals surface area contributed by atoms with Crippen LogP contribution in [-0.4, -0.2) is 48.2 Å². The van der Waals surface area contributed by atoms with E-state index in [4.69, 9.17) is 9.47 Å². The number of nitrogens with one attached hydrogen (secondary N) is 2. The zero-order valence-electron chi connectivity index (χ0n) is 18.0. The lowest BCUT2D eigenvalue weighted by Crippen LogP contribution is -2.51. The first-order valence-corrected chi connectivity index (χ1v) is 11.5. The largest absolute Gasteiger partial charge is 0.491 e. The van der Waals surface area contributed by atoms with E-state index in [1.807, 2.05) is 43.0 Å². The molecule has 0 unspecified atom stereocenters. The Hall–Kier alpha value is -2.48. The number of rotatable bonds is 5. The number of methoxy groups -OCH3 is 1. The minimum absolute atomic E-state index is 0.0520. The molecule has 1 fully saturated rings. The lowest BCUT2D eigenvalue weighted by atomic mass is 10.0. The number of benzene rings is 1. The van der Waals surface area contributed by atoms with Gasteiger partial charge in [0.2, 0.25) is 5.91 Å². The average Bonchev–Trinajstić information content (AvgIpc) is 3.48. The second-order valence-corrected chi connectivity index (χ2v) is 9.29. The number of aromatic nitrogens is 1. The number of amides is 2. The van der Waals surface area contributed by atoms with Gasteiger partial charge in [-0.05, 0) is 30.9 Å². The van der Waals surface area contributed by atoms with Gasteiger partial charge in [-0.15, -0.1) is 0 Å². The number of carbonyl (C=O) groups is 2. The third kappa shape index (κ3) is 4.18. The molecule has 2 amide bonds. The molecule has 166 valence electrons. The van der Waals surface area contributed by atoms with Gasteiger partial charge in [-0.1, -0.05) is 41.9 Å². The van der Waals surface area contributed by atoms with Crippen molar-refractivity contribution in [3.05, 3.63) is 40.0 Å². The number of carbonyl (C=O) groups excluding carboxylic acids is 2. The fraction of sp³-hybridized carbons (Fsp3) is 0.478. The second-order valence-electron chi connectivity index (χ2n) is 8.37. The number of fused-ring (bicyclic) bond motifs is 1. The summed E-state index contributed by atoms with van der Waals surface area (Å²) in [5.74, 6) is 0.768. The minimum atomic E-state index is -0.627. The van der Waals surface area contributed by atoms with Crippen molar-refractivity contribution in [2.24, 2.45) is 5.92 Å². The SMILES string of the molecule is COC(=O)N[C@H](C(=O)N1CCC[C@H]1c1[nH]c(-c2ccc(Br)cc2)c2c1CCO2)C(C)C. The fourth-order valence-electron chi connectivity index (χ4n) is 4.52. The molecule has 1 saturated heterocycles. The number of ether oxygens (including phenoxy) is 2. The molecule has 0 saturated carbocycles. The highest BCUT2D eigenvalue weighted by Gasteiger charge is 2.39. The van der Waals surface area contributed by atoms with Crippen LogP contribution in [0.3, 0.4) is 0 Å². The molecule has 0 bridgehead atoms. The van der Waals surface area contributed by atoms with E-state index in [9.17, 15) is 9.59 Å². The number of hydrogen-bond donors (Lipinski definition) is 2. The zero-order chi connectivity index (χ0) is 22.1. The summed E-state index contributed by atoms with van der Waals surface area (Å²) in [5.41, 5.74) is 4.22. The molecule has 1 aromatic heterocycles. The van der Waals surface area contributed by atoms with Crippen molar-refractivity contribution in [2.45, 2.75) is 45.2 Å². The summed E-state index contributed by atoms with van der Waals surface area (Å²) in [7, 11) is 1.31. The lowest BCUT2D eigenvalue weighted by Gasteiger charge is -2.30. The maximum atomic E-state index is 13.4. The van der Waals surface area contributed by atoms with Gasteiger partial charge >= 0.3 is 6.09 Å². The van der Waals surface area contributed by atoms with Crippen molar-refractivity contribution in [1.29, 1.82) is 0 Å². The molecule has 2 aliphatic heterocycles. The van der Waals surface area contributed by atoms with Crippen molar-refractivity contribution in [3.63, 3.8) is 0 Å². The van der Waals surface area contributed by atoms with Crippen LogP contribution in [0.5, 0.6) is 5.75 Å². The van der Waals surface area contributed by atoms with Crippen LogP contribution in [0.2, 0.25) is 0 Å². The Morgan fingerprint density at radius 3 is 2.71 bits per heavy atom. The quantitative estimate of drug-likeness (QED) is 0.650. The highest BCUT2D eigenvalue weighted by Crippen LogP contribution is 2.45. The molecule has 0 spiro atoms. The molecule has 31 heavy (non-hydrogen) atoms. The molecular formula is C23H28BrN3O4. The van der Waals surface area contributed by atoms with E-state index in [1.54, 1.807) is 0 Å². The molecule has 0 aliphatic carbocycles. The Balaban J connectivity index is 1.66. The van der Waals surface area contributed by atoms with Crippen LogP contribution < -0.4 is 10.1 Å². The normalized spacial score (nSPS) is 18.6. The third-order valence-electron chi connectivity index (χ3n) is 6.08. The first-order chi connectivity index (χ1) is 14.9. The van der Waals surface area contributed by atoms with Gasteiger partial charge in [0.25, 0.3) is 0 Å². The van der Waals surface area contributed by atoms with Gasteiger partial charge in [-0.3, -0.25) is 4.79 Å². The smallest absolute Gasteiger partial charge is 0.407 e. The Morgan fingerprint density at radius 2 is 2.03 bits per heavy atom. The zero-order valence-corrected chi connectivity index (χ0v) is 19.6. The maximum Gasteiger partial charge on any atom is 0.407 e. The molecule has 8 heteroatoms. The highest BCUT2D eigenvalue weighted by molar-refractivity contribution is 9.10. The molecular weight excluding hydrogens is 462 g/mol. The molecule has 4 rings (SSSR count). The molecule has 2 aliphatic rings.